The molecule has 5 aliphatic rings. The average Bonchev–Trinajstić information content (AvgIpc) is 3.22. The fraction of sp³-hybridized carbons (Fsp3) is 0.765. The summed E-state index contributed by atoms with van der Waals surface area (Å²) < 4.78 is 38.3. The van der Waals surface area contributed by atoms with Crippen molar-refractivity contribution in [3.63, 3.8) is 0 Å². The third-order valence-electron chi connectivity index (χ3n) is 12.2. The number of benzene rings is 1. The molecule has 0 N–H and O–H groups in total. The van der Waals surface area contributed by atoms with Gasteiger partial charge in [0.25, 0.3) is 0 Å². The van der Waals surface area contributed by atoms with Gasteiger partial charge in [-0.3, -0.25) is 9.69 Å². The molecule has 1 aromatic rings. The fourth-order valence-electron chi connectivity index (χ4n) is 11.6. The van der Waals surface area contributed by atoms with Crippen molar-refractivity contribution >= 4 is 11.9 Å². The van der Waals surface area contributed by atoms with Crippen molar-refractivity contribution in [3.8, 4) is 0 Å². The summed E-state index contributed by atoms with van der Waals surface area (Å²) in [5.41, 5.74) is -0.959. The van der Waals surface area contributed by atoms with Crippen LogP contribution in [0.2, 0.25) is 0 Å². The molecule has 0 amide bonds. The molecule has 5 fully saturated rings. The van der Waals surface area contributed by atoms with Crippen LogP contribution in [0.15, 0.2) is 30.3 Å². The minimum Gasteiger partial charge on any atom is -0.459 e. The van der Waals surface area contributed by atoms with Crippen molar-refractivity contribution in [1.29, 1.82) is 0 Å². The number of rotatable bonds is 10. The third-order valence-corrected chi connectivity index (χ3v) is 12.2. The van der Waals surface area contributed by atoms with E-state index in [9.17, 15) is 9.59 Å². The number of piperidine rings is 1. The zero-order valence-electron chi connectivity index (χ0n) is 26.7. The van der Waals surface area contributed by atoms with Gasteiger partial charge < -0.3 is 28.4 Å². The lowest BCUT2D eigenvalue weighted by Gasteiger charge is -2.71. The molecule has 9 heteroatoms. The second-order valence-corrected chi connectivity index (χ2v) is 13.7. The van der Waals surface area contributed by atoms with E-state index in [4.69, 9.17) is 28.4 Å². The Hall–Kier alpha value is -2.04. The average molecular weight is 600 g/mol. The lowest BCUT2D eigenvalue weighted by Crippen LogP contribution is -2.79. The van der Waals surface area contributed by atoms with E-state index in [0.29, 0.717) is 18.6 Å². The molecule has 0 radical (unpaired) electrons. The minimum atomic E-state index is -0.964. The highest BCUT2D eigenvalue weighted by Crippen LogP contribution is 2.78. The van der Waals surface area contributed by atoms with Gasteiger partial charge in [0.05, 0.1) is 30.5 Å². The molecule has 1 spiro atoms. The van der Waals surface area contributed by atoms with Crippen LogP contribution in [0.4, 0.5) is 0 Å². The summed E-state index contributed by atoms with van der Waals surface area (Å²) in [6.45, 7) is 8.07. The Kier molecular flexibility index (Phi) is 8.20. The number of hydrogen-bond donors (Lipinski definition) is 0. The van der Waals surface area contributed by atoms with Crippen molar-refractivity contribution in [1.82, 2.24) is 4.90 Å². The van der Waals surface area contributed by atoms with Crippen LogP contribution in [-0.4, -0.2) is 101 Å². The Balaban J connectivity index is 1.59. The van der Waals surface area contributed by atoms with Gasteiger partial charge >= 0.3 is 11.9 Å². The van der Waals surface area contributed by atoms with Crippen molar-refractivity contribution in [2.45, 2.75) is 82.5 Å². The summed E-state index contributed by atoms with van der Waals surface area (Å²) in [7, 11) is 7.18. The lowest BCUT2D eigenvalue weighted by molar-refractivity contribution is -0.302. The van der Waals surface area contributed by atoms with Crippen LogP contribution in [0.5, 0.6) is 0 Å². The van der Waals surface area contributed by atoms with E-state index >= 15 is 0 Å². The first-order valence-corrected chi connectivity index (χ1v) is 16.0. The molecule has 0 aromatic heterocycles. The molecule has 1 aliphatic heterocycles. The van der Waals surface area contributed by atoms with Gasteiger partial charge in [-0.2, -0.15) is 0 Å². The summed E-state index contributed by atoms with van der Waals surface area (Å²) in [4.78, 5) is 29.3. The Labute approximate surface area is 255 Å². The van der Waals surface area contributed by atoms with Gasteiger partial charge in [-0.25, -0.2) is 4.79 Å². The lowest BCUT2D eigenvalue weighted by atomic mass is 9.40. The summed E-state index contributed by atoms with van der Waals surface area (Å²) in [6, 6.07) is 9.17. The standard InChI is InChI=1S/C34H49NO8/c1-8-35-18-32(19-38-4)15-14-25(40-6)34-24-16-23(39-5)17-33(43-21(3)36,27(30(34)35)28(41-7)29(32)34)26(24)20(2)42-31(37)22-12-10-9-11-13-22/h9-13,20,23-30H,8,14-19H2,1-7H3/t20-,23+,24+,25-,26-,27-,28-,29+,30+,32+,33-,34-/m0/s1. The zero-order valence-corrected chi connectivity index (χ0v) is 26.7. The van der Waals surface area contributed by atoms with Gasteiger partial charge in [-0.05, 0) is 50.8 Å². The predicted molar refractivity (Wildman–Crippen MR) is 158 cm³/mol. The van der Waals surface area contributed by atoms with Crippen molar-refractivity contribution in [2.24, 2.45) is 34.5 Å². The van der Waals surface area contributed by atoms with Crippen LogP contribution < -0.4 is 0 Å². The van der Waals surface area contributed by atoms with Crippen LogP contribution >= 0.6 is 0 Å². The molecule has 1 aromatic carbocycles. The summed E-state index contributed by atoms with van der Waals surface area (Å²) in [6.07, 6.45) is 2.26. The highest BCUT2D eigenvalue weighted by atomic mass is 16.6. The van der Waals surface area contributed by atoms with Gasteiger partial charge in [0.2, 0.25) is 0 Å². The second kappa shape index (κ2) is 11.4. The second-order valence-electron chi connectivity index (χ2n) is 13.7. The molecule has 238 valence electrons. The monoisotopic (exact) mass is 599 g/mol. The van der Waals surface area contributed by atoms with Crippen LogP contribution in [0.25, 0.3) is 0 Å². The number of carbonyl (C=O) groups is 2. The SMILES string of the molecule is CCN1C[C@@]2(COC)CC[C@H](OC)[C@@]34[C@@H]5C[C@@H](OC)C[C@](OC(C)=O)([C@H]5[C@H](C)OC(=O)c5ccccc5)[C@@H]([C@H](OC)[C@H]23)[C@@H]14. The molecule has 6 rings (SSSR count). The topological polar surface area (TPSA) is 92.8 Å². The first-order chi connectivity index (χ1) is 20.7. The van der Waals surface area contributed by atoms with Crippen LogP contribution in [0, 0.1) is 34.5 Å². The van der Waals surface area contributed by atoms with Crippen molar-refractivity contribution < 1.29 is 38.0 Å². The van der Waals surface area contributed by atoms with E-state index in [1.165, 1.54) is 6.92 Å². The molecule has 4 saturated carbocycles. The van der Waals surface area contributed by atoms with Gasteiger partial charge in [0, 0.05) is 83.0 Å². The highest BCUT2D eigenvalue weighted by molar-refractivity contribution is 5.89. The zero-order chi connectivity index (χ0) is 30.7. The number of likely N-dealkylation sites (tertiary alicyclic amines) is 1. The molecule has 4 aliphatic carbocycles. The van der Waals surface area contributed by atoms with Crippen molar-refractivity contribution in [3.05, 3.63) is 35.9 Å². The number of carbonyl (C=O) groups excluding carboxylic acids is 2. The highest BCUT2D eigenvalue weighted by Gasteiger charge is 2.86. The Bertz CT molecular complexity index is 1200. The normalized spacial score (nSPS) is 43.6. The molecular formula is C34H49NO8. The molecule has 12 atom stereocenters. The Morgan fingerprint density at radius 2 is 1.81 bits per heavy atom. The van der Waals surface area contributed by atoms with Gasteiger partial charge in [-0.1, -0.05) is 25.1 Å². The number of ether oxygens (including phenoxy) is 6. The maximum absolute atomic E-state index is 13.5. The molecular weight excluding hydrogens is 550 g/mol. The largest absolute Gasteiger partial charge is 0.459 e. The molecule has 0 unspecified atom stereocenters. The number of fused-ring (bicyclic) bond motifs is 3. The first-order valence-electron chi connectivity index (χ1n) is 16.0. The Morgan fingerprint density at radius 3 is 2.42 bits per heavy atom. The van der Waals surface area contributed by atoms with Gasteiger partial charge in [-0.15, -0.1) is 0 Å². The quantitative estimate of drug-likeness (QED) is 0.370. The maximum atomic E-state index is 13.5. The van der Waals surface area contributed by atoms with Gasteiger partial charge in [0.1, 0.15) is 11.7 Å². The van der Waals surface area contributed by atoms with E-state index in [1.807, 2.05) is 32.2 Å². The van der Waals surface area contributed by atoms with E-state index < -0.39 is 11.7 Å². The predicted octanol–water partition coefficient (Wildman–Crippen LogP) is 3.98. The van der Waals surface area contributed by atoms with Crippen LogP contribution in [0.3, 0.4) is 0 Å². The number of hydrogen-bond acceptors (Lipinski definition) is 9. The number of nitrogens with zero attached hydrogens (tertiary/aromatic N) is 1. The van der Waals surface area contributed by atoms with Crippen molar-refractivity contribution in [2.75, 3.05) is 48.1 Å². The molecule has 1 heterocycles. The van der Waals surface area contributed by atoms with Gasteiger partial charge in [0.15, 0.2) is 0 Å². The minimum absolute atomic E-state index is 0.0219. The molecule has 43 heavy (non-hydrogen) atoms. The van der Waals surface area contributed by atoms with E-state index in [2.05, 4.69) is 11.8 Å². The van der Waals surface area contributed by atoms with E-state index in [0.717, 1.165) is 32.4 Å². The van der Waals surface area contributed by atoms with Crippen LogP contribution in [0.1, 0.15) is 56.8 Å². The van der Waals surface area contributed by atoms with E-state index in [-0.39, 0.29) is 70.8 Å². The third kappa shape index (κ3) is 4.21. The fourth-order valence-corrected chi connectivity index (χ4v) is 11.6. The Morgan fingerprint density at radius 1 is 1.07 bits per heavy atom. The molecule has 9 nitrogen and oxygen atoms in total. The summed E-state index contributed by atoms with van der Waals surface area (Å²) >= 11 is 0. The number of esters is 2. The summed E-state index contributed by atoms with van der Waals surface area (Å²) in [5.74, 6) is -1.06. The molecule has 1 saturated heterocycles. The van der Waals surface area contributed by atoms with Crippen LogP contribution in [-0.2, 0) is 33.2 Å². The number of methoxy groups -OCH3 is 4. The van der Waals surface area contributed by atoms with E-state index in [1.54, 1.807) is 33.5 Å². The first kappa shape index (κ1) is 31.0. The maximum Gasteiger partial charge on any atom is 0.338 e. The smallest absolute Gasteiger partial charge is 0.338 e. The molecule has 7 bridgehead atoms. The summed E-state index contributed by atoms with van der Waals surface area (Å²) in [5, 5.41) is 0.